The topological polar surface area (TPSA) is 55.8 Å². The molecule has 1 aromatic carbocycles. The molecule has 0 aliphatic carbocycles. The van der Waals surface area contributed by atoms with Gasteiger partial charge in [0, 0.05) is 50.5 Å². The first kappa shape index (κ1) is 15.8. The summed E-state index contributed by atoms with van der Waals surface area (Å²) in [6, 6.07) is 7.71. The zero-order valence-corrected chi connectivity index (χ0v) is 12.7. The Morgan fingerprint density at radius 3 is 2.43 bits per heavy atom. The minimum Gasteiger partial charge on any atom is -0.395 e. The van der Waals surface area contributed by atoms with Crippen LogP contribution in [0.1, 0.15) is 23.7 Å². The molecule has 1 amide bonds. The van der Waals surface area contributed by atoms with Crippen LogP contribution in [-0.4, -0.2) is 66.7 Å². The summed E-state index contributed by atoms with van der Waals surface area (Å²) in [5.74, 6) is 0.0979. The predicted octanol–water partition coefficient (Wildman–Crippen LogP) is 1.26. The number of nitrogens with one attached hydrogen (secondary N) is 1. The lowest BCUT2D eigenvalue weighted by atomic mass is 10.1. The minimum absolute atomic E-state index is 0.0979. The maximum Gasteiger partial charge on any atom is 0.253 e. The van der Waals surface area contributed by atoms with E-state index in [4.69, 9.17) is 5.11 Å². The molecule has 2 rings (SSSR count). The van der Waals surface area contributed by atoms with Gasteiger partial charge in [-0.15, -0.1) is 0 Å². The Labute approximate surface area is 126 Å². The third kappa shape index (κ3) is 4.44. The number of rotatable bonds is 6. The quantitative estimate of drug-likeness (QED) is 0.828. The van der Waals surface area contributed by atoms with Crippen LogP contribution in [0.25, 0.3) is 0 Å². The molecule has 0 aromatic heterocycles. The summed E-state index contributed by atoms with van der Waals surface area (Å²) in [5.41, 5.74) is 1.80. The van der Waals surface area contributed by atoms with Crippen molar-refractivity contribution in [1.82, 2.24) is 9.80 Å². The van der Waals surface area contributed by atoms with Crippen LogP contribution < -0.4 is 5.32 Å². The van der Waals surface area contributed by atoms with Gasteiger partial charge in [-0.3, -0.25) is 9.69 Å². The Hall–Kier alpha value is -1.59. The first-order chi connectivity index (χ1) is 10.2. The SMILES string of the molecule is CCCNc1ccc(C(=O)N2CCN(CCO)CC2)cc1. The van der Waals surface area contributed by atoms with Gasteiger partial charge in [-0.05, 0) is 30.7 Å². The van der Waals surface area contributed by atoms with Crippen molar-refractivity contribution in [2.45, 2.75) is 13.3 Å². The minimum atomic E-state index is 0.0979. The highest BCUT2D eigenvalue weighted by atomic mass is 16.3. The third-order valence-corrected chi connectivity index (χ3v) is 3.79. The number of hydrogen-bond donors (Lipinski definition) is 2. The largest absolute Gasteiger partial charge is 0.395 e. The Morgan fingerprint density at radius 1 is 1.19 bits per heavy atom. The number of aliphatic hydroxyl groups excluding tert-OH is 1. The van der Waals surface area contributed by atoms with E-state index in [0.717, 1.165) is 50.4 Å². The van der Waals surface area contributed by atoms with Gasteiger partial charge in [-0.1, -0.05) is 6.92 Å². The highest BCUT2D eigenvalue weighted by Gasteiger charge is 2.21. The van der Waals surface area contributed by atoms with Gasteiger partial charge in [0.1, 0.15) is 0 Å². The zero-order valence-electron chi connectivity index (χ0n) is 12.7. The molecule has 1 saturated heterocycles. The van der Waals surface area contributed by atoms with E-state index in [2.05, 4.69) is 17.1 Å². The molecule has 0 saturated carbocycles. The van der Waals surface area contributed by atoms with Crippen molar-refractivity contribution >= 4 is 11.6 Å². The van der Waals surface area contributed by atoms with Gasteiger partial charge in [0.05, 0.1) is 6.61 Å². The van der Waals surface area contributed by atoms with Crippen molar-refractivity contribution < 1.29 is 9.90 Å². The lowest BCUT2D eigenvalue weighted by Gasteiger charge is -2.34. The van der Waals surface area contributed by atoms with Gasteiger partial charge < -0.3 is 15.3 Å². The number of benzene rings is 1. The normalized spacial score (nSPS) is 16.0. The Morgan fingerprint density at radius 2 is 1.86 bits per heavy atom. The molecule has 21 heavy (non-hydrogen) atoms. The van der Waals surface area contributed by atoms with E-state index in [1.807, 2.05) is 29.2 Å². The van der Waals surface area contributed by atoms with E-state index in [0.29, 0.717) is 6.54 Å². The fourth-order valence-electron chi connectivity index (χ4n) is 2.50. The summed E-state index contributed by atoms with van der Waals surface area (Å²) in [7, 11) is 0. The zero-order chi connectivity index (χ0) is 15.1. The molecule has 0 unspecified atom stereocenters. The fraction of sp³-hybridized carbons (Fsp3) is 0.562. The van der Waals surface area contributed by atoms with Crippen molar-refractivity contribution in [3.63, 3.8) is 0 Å². The molecule has 0 atom stereocenters. The van der Waals surface area contributed by atoms with Crippen LogP contribution >= 0.6 is 0 Å². The van der Waals surface area contributed by atoms with E-state index in [-0.39, 0.29) is 12.5 Å². The Bertz CT molecular complexity index is 439. The number of amides is 1. The second-order valence-electron chi connectivity index (χ2n) is 5.36. The lowest BCUT2D eigenvalue weighted by molar-refractivity contribution is 0.0615. The van der Waals surface area contributed by atoms with E-state index in [1.165, 1.54) is 0 Å². The Kier molecular flexibility index (Phi) is 6.02. The molecule has 5 nitrogen and oxygen atoms in total. The maximum absolute atomic E-state index is 12.4. The number of carbonyl (C=O) groups is 1. The van der Waals surface area contributed by atoms with Crippen molar-refractivity contribution in [1.29, 1.82) is 0 Å². The van der Waals surface area contributed by atoms with Gasteiger partial charge in [0.2, 0.25) is 0 Å². The summed E-state index contributed by atoms with van der Waals surface area (Å²) in [4.78, 5) is 16.5. The fourth-order valence-corrected chi connectivity index (χ4v) is 2.50. The molecule has 0 bridgehead atoms. The number of aliphatic hydroxyl groups is 1. The predicted molar refractivity (Wildman–Crippen MR) is 84.7 cm³/mol. The highest BCUT2D eigenvalue weighted by molar-refractivity contribution is 5.94. The van der Waals surface area contributed by atoms with Crippen LogP contribution in [0.2, 0.25) is 0 Å². The molecule has 0 spiro atoms. The average molecular weight is 291 g/mol. The summed E-state index contributed by atoms with van der Waals surface area (Å²) in [5, 5.41) is 12.2. The molecule has 1 heterocycles. The first-order valence-electron chi connectivity index (χ1n) is 7.71. The van der Waals surface area contributed by atoms with Crippen molar-refractivity contribution in [2.24, 2.45) is 0 Å². The van der Waals surface area contributed by atoms with Crippen LogP contribution in [0.15, 0.2) is 24.3 Å². The van der Waals surface area contributed by atoms with Crippen LogP contribution in [-0.2, 0) is 0 Å². The molecular weight excluding hydrogens is 266 g/mol. The van der Waals surface area contributed by atoms with Gasteiger partial charge in [0.15, 0.2) is 0 Å². The molecule has 0 radical (unpaired) electrons. The van der Waals surface area contributed by atoms with E-state index >= 15 is 0 Å². The highest BCUT2D eigenvalue weighted by Crippen LogP contribution is 2.13. The second-order valence-corrected chi connectivity index (χ2v) is 5.36. The summed E-state index contributed by atoms with van der Waals surface area (Å²) < 4.78 is 0. The van der Waals surface area contributed by atoms with Gasteiger partial charge in [-0.25, -0.2) is 0 Å². The second kappa shape index (κ2) is 8.00. The smallest absolute Gasteiger partial charge is 0.253 e. The van der Waals surface area contributed by atoms with Crippen LogP contribution in [0.5, 0.6) is 0 Å². The summed E-state index contributed by atoms with van der Waals surface area (Å²) >= 11 is 0. The molecule has 1 aromatic rings. The number of piperazine rings is 1. The summed E-state index contributed by atoms with van der Waals surface area (Å²) in [6.45, 7) is 7.08. The third-order valence-electron chi connectivity index (χ3n) is 3.79. The van der Waals surface area contributed by atoms with Crippen molar-refractivity contribution in [3.8, 4) is 0 Å². The summed E-state index contributed by atoms with van der Waals surface area (Å²) in [6.07, 6.45) is 1.08. The van der Waals surface area contributed by atoms with E-state index in [1.54, 1.807) is 0 Å². The number of carbonyl (C=O) groups excluding carboxylic acids is 1. The lowest BCUT2D eigenvalue weighted by Crippen LogP contribution is -2.49. The van der Waals surface area contributed by atoms with Crippen molar-refractivity contribution in [2.75, 3.05) is 51.2 Å². The van der Waals surface area contributed by atoms with Gasteiger partial charge in [0.25, 0.3) is 5.91 Å². The van der Waals surface area contributed by atoms with Gasteiger partial charge >= 0.3 is 0 Å². The van der Waals surface area contributed by atoms with Crippen LogP contribution in [0.4, 0.5) is 5.69 Å². The molecule has 1 fully saturated rings. The number of nitrogens with zero attached hydrogens (tertiary/aromatic N) is 2. The number of hydrogen-bond acceptors (Lipinski definition) is 4. The molecule has 2 N–H and O–H groups in total. The molecule has 5 heteroatoms. The van der Waals surface area contributed by atoms with E-state index in [9.17, 15) is 4.79 Å². The van der Waals surface area contributed by atoms with Crippen molar-refractivity contribution in [3.05, 3.63) is 29.8 Å². The standard InChI is InChI=1S/C16H25N3O2/c1-2-7-17-15-5-3-14(4-6-15)16(21)19-10-8-18(9-11-19)12-13-20/h3-6,17,20H,2,7-13H2,1H3. The maximum atomic E-state index is 12.4. The monoisotopic (exact) mass is 291 g/mol. The molecule has 1 aliphatic rings. The average Bonchev–Trinajstić information content (AvgIpc) is 2.54. The first-order valence-corrected chi connectivity index (χ1v) is 7.71. The molecule has 116 valence electrons. The van der Waals surface area contributed by atoms with E-state index < -0.39 is 0 Å². The Balaban J connectivity index is 1.88. The van der Waals surface area contributed by atoms with Crippen LogP contribution in [0, 0.1) is 0 Å². The van der Waals surface area contributed by atoms with Gasteiger partial charge in [-0.2, -0.15) is 0 Å². The molecule has 1 aliphatic heterocycles. The number of anilines is 1. The molecular formula is C16H25N3O2. The van der Waals surface area contributed by atoms with Crippen LogP contribution in [0.3, 0.4) is 0 Å². The number of β-amino-alcohol motifs (C(OH)–C–C–N with tert-alkyl or cyclic N) is 1.